The molecule has 1 aromatic carbocycles. The van der Waals surface area contributed by atoms with E-state index in [4.69, 9.17) is 4.74 Å². The fourth-order valence-electron chi connectivity index (χ4n) is 3.67. The van der Waals surface area contributed by atoms with Gasteiger partial charge >= 0.3 is 5.97 Å². The van der Waals surface area contributed by atoms with Crippen LogP contribution in [0.25, 0.3) is 11.3 Å². The molecule has 2 aromatic rings. The van der Waals surface area contributed by atoms with E-state index in [0.717, 1.165) is 42.9 Å². The second kappa shape index (κ2) is 8.89. The van der Waals surface area contributed by atoms with Gasteiger partial charge < -0.3 is 14.2 Å². The lowest BCUT2D eigenvalue weighted by atomic mass is 10.1. The molecule has 2 heterocycles. The largest absolute Gasteiger partial charge is 0.462 e. The van der Waals surface area contributed by atoms with Gasteiger partial charge in [-0.3, -0.25) is 4.79 Å². The molecule has 3 rings (SSSR count). The number of benzene rings is 1. The van der Waals surface area contributed by atoms with Crippen LogP contribution in [0.5, 0.6) is 0 Å². The van der Waals surface area contributed by atoms with Gasteiger partial charge in [-0.1, -0.05) is 43.2 Å². The minimum atomic E-state index is -0.340. The van der Waals surface area contributed by atoms with Crippen LogP contribution in [-0.2, 0) is 16.1 Å². The normalized spacial score (nSPS) is 14.7. The first-order chi connectivity index (χ1) is 13.1. The summed E-state index contributed by atoms with van der Waals surface area (Å²) in [5, 5.41) is 0. The van der Waals surface area contributed by atoms with E-state index >= 15 is 0 Å². The first kappa shape index (κ1) is 19.2. The van der Waals surface area contributed by atoms with Crippen LogP contribution in [0.4, 0.5) is 0 Å². The summed E-state index contributed by atoms with van der Waals surface area (Å²) in [5.74, 6) is -0.226. The van der Waals surface area contributed by atoms with E-state index in [0.29, 0.717) is 12.2 Å². The fourth-order valence-corrected chi connectivity index (χ4v) is 3.67. The lowest BCUT2D eigenvalue weighted by Gasteiger charge is -2.22. The van der Waals surface area contributed by atoms with Crippen molar-refractivity contribution in [2.45, 2.75) is 46.1 Å². The summed E-state index contributed by atoms with van der Waals surface area (Å²) in [4.78, 5) is 27.3. The van der Waals surface area contributed by atoms with E-state index in [-0.39, 0.29) is 18.4 Å². The van der Waals surface area contributed by atoms with Crippen LogP contribution in [0.2, 0.25) is 0 Å². The minimum Gasteiger partial charge on any atom is -0.462 e. The molecule has 5 nitrogen and oxygen atoms in total. The number of likely N-dealkylation sites (tertiary alicyclic amines) is 1. The second-order valence-electron chi connectivity index (χ2n) is 7.00. The number of aromatic nitrogens is 1. The van der Waals surface area contributed by atoms with Crippen molar-refractivity contribution in [3.63, 3.8) is 0 Å². The molecular formula is C22H28N2O3. The molecule has 0 saturated carbocycles. The summed E-state index contributed by atoms with van der Waals surface area (Å²) < 4.78 is 7.16. The van der Waals surface area contributed by atoms with Gasteiger partial charge in [-0.05, 0) is 38.3 Å². The maximum absolute atomic E-state index is 12.9. The van der Waals surface area contributed by atoms with Crippen molar-refractivity contribution >= 4 is 11.9 Å². The third kappa shape index (κ3) is 4.41. The highest BCUT2D eigenvalue weighted by Crippen LogP contribution is 2.27. The summed E-state index contributed by atoms with van der Waals surface area (Å²) in [5.41, 5.74) is 3.16. The summed E-state index contributed by atoms with van der Waals surface area (Å²) in [6.07, 6.45) is 4.51. The highest BCUT2D eigenvalue weighted by molar-refractivity contribution is 5.93. The van der Waals surface area contributed by atoms with Gasteiger partial charge in [0, 0.05) is 24.5 Å². The number of hydrogen-bond donors (Lipinski definition) is 0. The number of amides is 1. The highest BCUT2D eigenvalue weighted by Gasteiger charge is 2.23. The quantitative estimate of drug-likeness (QED) is 0.749. The van der Waals surface area contributed by atoms with Gasteiger partial charge in [-0.25, -0.2) is 4.79 Å². The van der Waals surface area contributed by atoms with Crippen LogP contribution in [-0.4, -0.2) is 41.0 Å². The first-order valence-corrected chi connectivity index (χ1v) is 9.82. The Balaban J connectivity index is 1.94. The molecule has 144 valence electrons. The number of hydrogen-bond acceptors (Lipinski definition) is 3. The van der Waals surface area contributed by atoms with Crippen molar-refractivity contribution in [1.29, 1.82) is 0 Å². The van der Waals surface area contributed by atoms with E-state index in [9.17, 15) is 9.59 Å². The average molecular weight is 368 g/mol. The molecule has 0 N–H and O–H groups in total. The Bertz CT molecular complexity index is 787. The van der Waals surface area contributed by atoms with Crippen molar-refractivity contribution in [2.24, 2.45) is 0 Å². The van der Waals surface area contributed by atoms with E-state index < -0.39 is 0 Å². The monoisotopic (exact) mass is 368 g/mol. The molecule has 1 aliphatic rings. The molecule has 0 unspecified atom stereocenters. The Morgan fingerprint density at radius 3 is 2.33 bits per heavy atom. The number of rotatable bonds is 5. The number of esters is 1. The summed E-state index contributed by atoms with van der Waals surface area (Å²) in [6.45, 7) is 5.90. The topological polar surface area (TPSA) is 51.5 Å². The number of ether oxygens (including phenoxy) is 1. The zero-order chi connectivity index (χ0) is 19.2. The molecule has 1 fully saturated rings. The summed E-state index contributed by atoms with van der Waals surface area (Å²) in [6, 6.07) is 11.7. The third-order valence-electron chi connectivity index (χ3n) is 5.18. The molecule has 0 bridgehead atoms. The SMILES string of the molecule is CCOC(=O)c1cc(-c2ccccc2)n(CC(=O)N2CCCCCC2)c1C. The predicted octanol–water partition coefficient (Wildman–Crippen LogP) is 4.04. The molecule has 1 aliphatic heterocycles. The maximum atomic E-state index is 12.9. The number of nitrogens with zero attached hydrogens (tertiary/aromatic N) is 2. The van der Waals surface area contributed by atoms with Gasteiger partial charge in [0.05, 0.1) is 12.2 Å². The van der Waals surface area contributed by atoms with Crippen LogP contribution in [0.1, 0.15) is 48.7 Å². The summed E-state index contributed by atoms with van der Waals surface area (Å²) in [7, 11) is 0. The molecule has 5 heteroatoms. The van der Waals surface area contributed by atoms with Crippen molar-refractivity contribution in [3.05, 3.63) is 47.7 Å². The molecule has 27 heavy (non-hydrogen) atoms. The zero-order valence-electron chi connectivity index (χ0n) is 16.2. The van der Waals surface area contributed by atoms with Crippen LogP contribution in [0.3, 0.4) is 0 Å². The molecular weight excluding hydrogens is 340 g/mol. The average Bonchev–Trinajstić information content (AvgIpc) is 2.86. The number of carbonyl (C=O) groups excluding carboxylic acids is 2. The second-order valence-corrected chi connectivity index (χ2v) is 7.00. The molecule has 1 saturated heterocycles. The van der Waals surface area contributed by atoms with Crippen molar-refractivity contribution in [2.75, 3.05) is 19.7 Å². The maximum Gasteiger partial charge on any atom is 0.339 e. The minimum absolute atomic E-state index is 0.114. The van der Waals surface area contributed by atoms with Gasteiger partial charge in [-0.2, -0.15) is 0 Å². The van der Waals surface area contributed by atoms with Gasteiger partial charge in [0.1, 0.15) is 6.54 Å². The Morgan fingerprint density at radius 2 is 1.70 bits per heavy atom. The van der Waals surface area contributed by atoms with Crippen LogP contribution < -0.4 is 0 Å². The highest BCUT2D eigenvalue weighted by atomic mass is 16.5. The van der Waals surface area contributed by atoms with Crippen LogP contribution in [0.15, 0.2) is 36.4 Å². The first-order valence-electron chi connectivity index (χ1n) is 9.82. The Labute approximate surface area is 160 Å². The Morgan fingerprint density at radius 1 is 1.04 bits per heavy atom. The van der Waals surface area contributed by atoms with Crippen LogP contribution in [0, 0.1) is 6.92 Å². The molecule has 0 radical (unpaired) electrons. The third-order valence-corrected chi connectivity index (χ3v) is 5.18. The fraction of sp³-hybridized carbons (Fsp3) is 0.455. The zero-order valence-corrected chi connectivity index (χ0v) is 16.2. The van der Waals surface area contributed by atoms with Crippen LogP contribution >= 0.6 is 0 Å². The number of carbonyl (C=O) groups is 2. The Kier molecular flexibility index (Phi) is 6.32. The Hall–Kier alpha value is -2.56. The molecule has 1 amide bonds. The van der Waals surface area contributed by atoms with E-state index in [1.807, 2.05) is 52.8 Å². The molecule has 0 atom stereocenters. The predicted molar refractivity (Wildman–Crippen MR) is 106 cm³/mol. The van der Waals surface area contributed by atoms with Crippen molar-refractivity contribution in [1.82, 2.24) is 9.47 Å². The van der Waals surface area contributed by atoms with E-state index in [2.05, 4.69) is 0 Å². The lowest BCUT2D eigenvalue weighted by Crippen LogP contribution is -2.35. The van der Waals surface area contributed by atoms with Crippen molar-refractivity contribution in [3.8, 4) is 11.3 Å². The smallest absolute Gasteiger partial charge is 0.339 e. The van der Waals surface area contributed by atoms with Gasteiger partial charge in [0.25, 0.3) is 0 Å². The van der Waals surface area contributed by atoms with E-state index in [1.165, 1.54) is 12.8 Å². The molecule has 0 spiro atoms. The van der Waals surface area contributed by atoms with Gasteiger partial charge in [-0.15, -0.1) is 0 Å². The molecule has 1 aromatic heterocycles. The standard InChI is InChI=1S/C22H28N2O3/c1-3-27-22(26)19-15-20(18-11-7-6-8-12-18)24(17(19)2)16-21(25)23-13-9-4-5-10-14-23/h6-8,11-12,15H,3-5,9-10,13-14,16H2,1-2H3. The summed E-state index contributed by atoms with van der Waals surface area (Å²) >= 11 is 0. The van der Waals surface area contributed by atoms with Gasteiger partial charge in [0.15, 0.2) is 0 Å². The van der Waals surface area contributed by atoms with E-state index in [1.54, 1.807) is 6.92 Å². The molecule has 0 aliphatic carbocycles. The lowest BCUT2D eigenvalue weighted by molar-refractivity contribution is -0.131. The van der Waals surface area contributed by atoms with Crippen molar-refractivity contribution < 1.29 is 14.3 Å². The van der Waals surface area contributed by atoms with Gasteiger partial charge in [0.2, 0.25) is 5.91 Å².